The third-order valence-corrected chi connectivity index (χ3v) is 2.68. The van der Waals surface area contributed by atoms with Crippen molar-refractivity contribution in [1.82, 2.24) is 0 Å². The molecule has 0 aliphatic carbocycles. The van der Waals surface area contributed by atoms with Gasteiger partial charge in [-0.2, -0.15) is 0 Å². The lowest BCUT2D eigenvalue weighted by Crippen LogP contribution is -1.96. The van der Waals surface area contributed by atoms with Crippen LogP contribution in [0.25, 0.3) is 0 Å². The molecule has 17 heavy (non-hydrogen) atoms. The predicted molar refractivity (Wildman–Crippen MR) is 64.8 cm³/mol. The molecule has 0 radical (unpaired) electrons. The maximum Gasteiger partial charge on any atom is 0.162 e. The van der Waals surface area contributed by atoms with Crippen LogP contribution in [0.4, 0.5) is 8.78 Å². The number of benzene rings is 2. The van der Waals surface area contributed by atoms with E-state index in [1.54, 1.807) is 0 Å². The summed E-state index contributed by atoms with van der Waals surface area (Å²) in [6.45, 7) is 0.310. The summed E-state index contributed by atoms with van der Waals surface area (Å²) in [6, 6.07) is 11.1. The van der Waals surface area contributed by atoms with Crippen LogP contribution in [0.5, 0.6) is 5.75 Å². The normalized spacial score (nSPS) is 10.3. The Morgan fingerprint density at radius 1 is 1.00 bits per heavy atom. The summed E-state index contributed by atoms with van der Waals surface area (Å²) in [4.78, 5) is 0. The van der Waals surface area contributed by atoms with Gasteiger partial charge in [0.25, 0.3) is 0 Å². The lowest BCUT2D eigenvalue weighted by atomic mass is 10.2. The van der Waals surface area contributed by atoms with Gasteiger partial charge in [0, 0.05) is 10.5 Å². The molecule has 4 heteroatoms. The van der Waals surface area contributed by atoms with E-state index < -0.39 is 11.6 Å². The molecule has 88 valence electrons. The number of rotatable bonds is 3. The van der Waals surface area contributed by atoms with Gasteiger partial charge in [-0.1, -0.05) is 28.1 Å². The summed E-state index contributed by atoms with van der Waals surface area (Å²) >= 11 is 3.34. The van der Waals surface area contributed by atoms with Gasteiger partial charge in [-0.25, -0.2) is 8.78 Å². The smallest absolute Gasteiger partial charge is 0.162 e. The number of hydrogen-bond acceptors (Lipinski definition) is 1. The summed E-state index contributed by atoms with van der Waals surface area (Å²) in [5, 5.41) is 0. The van der Waals surface area contributed by atoms with Gasteiger partial charge in [0.05, 0.1) is 0 Å². The second-order valence-electron chi connectivity index (χ2n) is 3.49. The molecule has 0 N–H and O–H groups in total. The molecule has 2 aromatic carbocycles. The fraction of sp³-hybridized carbons (Fsp3) is 0.0769. The van der Waals surface area contributed by atoms with Crippen LogP contribution in [0, 0.1) is 11.6 Å². The molecule has 2 rings (SSSR count). The average molecular weight is 299 g/mol. The second-order valence-corrected chi connectivity index (χ2v) is 4.41. The van der Waals surface area contributed by atoms with Gasteiger partial charge in [0.2, 0.25) is 0 Å². The fourth-order valence-electron chi connectivity index (χ4n) is 1.36. The second kappa shape index (κ2) is 5.27. The van der Waals surface area contributed by atoms with E-state index in [2.05, 4.69) is 15.9 Å². The molecule has 0 unspecified atom stereocenters. The van der Waals surface area contributed by atoms with Gasteiger partial charge < -0.3 is 4.74 Å². The first-order chi connectivity index (χ1) is 8.15. The third-order valence-electron chi connectivity index (χ3n) is 2.19. The number of halogens is 3. The number of hydrogen-bond donors (Lipinski definition) is 0. The van der Waals surface area contributed by atoms with E-state index in [-0.39, 0.29) is 0 Å². The van der Waals surface area contributed by atoms with Gasteiger partial charge >= 0.3 is 0 Å². The summed E-state index contributed by atoms with van der Waals surface area (Å²) in [7, 11) is 0. The molecule has 0 saturated heterocycles. The molecule has 0 fully saturated rings. The maximum absolute atomic E-state index is 12.9. The van der Waals surface area contributed by atoms with E-state index in [1.807, 2.05) is 24.3 Å². The lowest BCUT2D eigenvalue weighted by molar-refractivity contribution is 0.303. The molecule has 0 aliphatic rings. The monoisotopic (exact) mass is 298 g/mol. The standard InChI is InChI=1S/C13H9BrF2O/c14-10-3-1-2-9(6-10)8-17-11-4-5-12(15)13(16)7-11/h1-7H,8H2. The molecule has 0 aromatic heterocycles. The molecule has 0 heterocycles. The Hall–Kier alpha value is -1.42. The minimum atomic E-state index is -0.906. The molecule has 0 aliphatic heterocycles. The van der Waals surface area contributed by atoms with E-state index in [0.29, 0.717) is 12.4 Å². The molecule has 0 atom stereocenters. The summed E-state index contributed by atoms with van der Waals surface area (Å²) in [5.41, 5.74) is 0.948. The van der Waals surface area contributed by atoms with Crippen molar-refractivity contribution in [2.45, 2.75) is 6.61 Å². The molecular weight excluding hydrogens is 290 g/mol. The van der Waals surface area contributed by atoms with Crippen LogP contribution in [0.2, 0.25) is 0 Å². The molecule has 0 bridgehead atoms. The summed E-state index contributed by atoms with van der Waals surface area (Å²) in [6.07, 6.45) is 0. The first-order valence-electron chi connectivity index (χ1n) is 4.97. The molecule has 1 nitrogen and oxygen atoms in total. The Kier molecular flexibility index (Phi) is 3.74. The van der Waals surface area contributed by atoms with Crippen molar-refractivity contribution in [1.29, 1.82) is 0 Å². The van der Waals surface area contributed by atoms with Gasteiger partial charge in [0.15, 0.2) is 11.6 Å². The zero-order chi connectivity index (χ0) is 12.3. The topological polar surface area (TPSA) is 9.23 Å². The highest BCUT2D eigenvalue weighted by Crippen LogP contribution is 2.18. The van der Waals surface area contributed by atoms with Crippen LogP contribution in [-0.4, -0.2) is 0 Å². The summed E-state index contributed by atoms with van der Waals surface area (Å²) < 4.78 is 31.9. The third kappa shape index (κ3) is 3.27. The van der Waals surface area contributed by atoms with Crippen LogP contribution >= 0.6 is 15.9 Å². The Morgan fingerprint density at radius 3 is 2.53 bits per heavy atom. The SMILES string of the molecule is Fc1ccc(OCc2cccc(Br)c2)cc1F. The van der Waals surface area contributed by atoms with E-state index in [9.17, 15) is 8.78 Å². The van der Waals surface area contributed by atoms with Crippen LogP contribution in [0.1, 0.15) is 5.56 Å². The van der Waals surface area contributed by atoms with Gasteiger partial charge in [-0.15, -0.1) is 0 Å². The highest BCUT2D eigenvalue weighted by Gasteiger charge is 2.03. The first kappa shape index (κ1) is 12.0. The van der Waals surface area contributed by atoms with E-state index in [4.69, 9.17) is 4.74 Å². The van der Waals surface area contributed by atoms with Crippen molar-refractivity contribution in [2.75, 3.05) is 0 Å². The Labute approximate surface area is 106 Å². The van der Waals surface area contributed by atoms with E-state index in [1.165, 1.54) is 6.07 Å². The largest absolute Gasteiger partial charge is 0.489 e. The predicted octanol–water partition coefficient (Wildman–Crippen LogP) is 4.31. The molecule has 0 amide bonds. The zero-order valence-electron chi connectivity index (χ0n) is 8.79. The summed E-state index contributed by atoms with van der Waals surface area (Å²) in [5.74, 6) is -1.47. The van der Waals surface area contributed by atoms with Crippen LogP contribution in [-0.2, 0) is 6.61 Å². The first-order valence-corrected chi connectivity index (χ1v) is 5.77. The van der Waals surface area contributed by atoms with Crippen molar-refractivity contribution in [3.8, 4) is 5.75 Å². The van der Waals surface area contributed by atoms with Crippen LogP contribution in [0.3, 0.4) is 0 Å². The van der Waals surface area contributed by atoms with Gasteiger partial charge in [0.1, 0.15) is 12.4 Å². The van der Waals surface area contributed by atoms with Crippen molar-refractivity contribution in [3.05, 3.63) is 64.1 Å². The van der Waals surface area contributed by atoms with Crippen molar-refractivity contribution in [2.24, 2.45) is 0 Å². The highest BCUT2D eigenvalue weighted by atomic mass is 79.9. The Morgan fingerprint density at radius 2 is 1.82 bits per heavy atom. The van der Waals surface area contributed by atoms with E-state index in [0.717, 1.165) is 22.2 Å². The maximum atomic E-state index is 12.9. The average Bonchev–Trinajstić information content (AvgIpc) is 2.31. The zero-order valence-corrected chi connectivity index (χ0v) is 10.4. The van der Waals surface area contributed by atoms with Crippen molar-refractivity contribution < 1.29 is 13.5 Å². The highest BCUT2D eigenvalue weighted by molar-refractivity contribution is 9.10. The lowest BCUT2D eigenvalue weighted by Gasteiger charge is -2.06. The quantitative estimate of drug-likeness (QED) is 0.820. The van der Waals surface area contributed by atoms with Crippen LogP contribution in [0.15, 0.2) is 46.9 Å². The molecule has 2 aromatic rings. The fourth-order valence-corrected chi connectivity index (χ4v) is 1.81. The number of ether oxygens (including phenoxy) is 1. The van der Waals surface area contributed by atoms with Crippen LogP contribution < -0.4 is 4.74 Å². The van der Waals surface area contributed by atoms with Gasteiger partial charge in [-0.05, 0) is 29.8 Å². The molecule has 0 saturated carbocycles. The minimum absolute atomic E-state index is 0.309. The molecule has 0 spiro atoms. The molecular formula is C13H9BrF2O. The van der Waals surface area contributed by atoms with Crippen molar-refractivity contribution in [3.63, 3.8) is 0 Å². The van der Waals surface area contributed by atoms with E-state index >= 15 is 0 Å². The Balaban J connectivity index is 2.05. The Bertz CT molecular complexity index is 529. The van der Waals surface area contributed by atoms with Gasteiger partial charge in [-0.3, -0.25) is 0 Å². The minimum Gasteiger partial charge on any atom is -0.489 e. The van der Waals surface area contributed by atoms with Crippen molar-refractivity contribution >= 4 is 15.9 Å².